The highest BCUT2D eigenvalue weighted by Crippen LogP contribution is 2.31. The smallest absolute Gasteiger partial charge is 0.257 e. The summed E-state index contributed by atoms with van der Waals surface area (Å²) in [5, 5.41) is 6.70. The summed E-state index contributed by atoms with van der Waals surface area (Å²) in [6, 6.07) is 14.6. The molecule has 0 spiro atoms. The van der Waals surface area contributed by atoms with Crippen LogP contribution in [-0.4, -0.2) is 65.3 Å². The Balaban J connectivity index is 1.28. The van der Waals surface area contributed by atoms with Crippen molar-refractivity contribution in [3.63, 3.8) is 0 Å². The maximum Gasteiger partial charge on any atom is 0.257 e. The molecular formula is C33H44N4O4. The third kappa shape index (κ3) is 6.92. The molecule has 220 valence electrons. The van der Waals surface area contributed by atoms with Crippen molar-refractivity contribution >= 4 is 23.4 Å². The molecule has 0 radical (unpaired) electrons. The van der Waals surface area contributed by atoms with Gasteiger partial charge in [-0.2, -0.15) is 0 Å². The first-order chi connectivity index (χ1) is 19.8. The fourth-order valence-corrected chi connectivity index (χ4v) is 6.67. The summed E-state index contributed by atoms with van der Waals surface area (Å²) in [5.41, 5.74) is 0.749. The molecule has 0 bridgehead atoms. The fourth-order valence-electron chi connectivity index (χ4n) is 6.67. The van der Waals surface area contributed by atoms with Crippen LogP contribution in [0.5, 0.6) is 11.5 Å². The normalized spacial score (nSPS) is 20.3. The highest BCUT2D eigenvalue weighted by Gasteiger charge is 2.40. The molecule has 2 fully saturated rings. The first kappa shape index (κ1) is 29.1. The second-order valence-corrected chi connectivity index (χ2v) is 12.2. The van der Waals surface area contributed by atoms with E-state index >= 15 is 0 Å². The number of carbonyl (C=O) groups is 3. The van der Waals surface area contributed by atoms with E-state index in [1.165, 1.54) is 37.0 Å². The average Bonchev–Trinajstić information content (AvgIpc) is 3.09. The van der Waals surface area contributed by atoms with Crippen molar-refractivity contribution < 1.29 is 19.1 Å². The summed E-state index contributed by atoms with van der Waals surface area (Å²) < 4.78 is 5.96. The van der Waals surface area contributed by atoms with Crippen molar-refractivity contribution in [3.05, 3.63) is 54.1 Å². The third-order valence-electron chi connectivity index (χ3n) is 8.93. The number of hydrogen-bond acceptors (Lipinski definition) is 5. The number of fused-ring (bicyclic) bond motifs is 1. The number of nitrogens with zero attached hydrogens (tertiary/aromatic N) is 2. The monoisotopic (exact) mass is 560 g/mol. The van der Waals surface area contributed by atoms with Gasteiger partial charge in [-0.1, -0.05) is 51.3 Å². The number of piperidine rings is 1. The van der Waals surface area contributed by atoms with Crippen molar-refractivity contribution in [2.24, 2.45) is 11.8 Å². The average molecular weight is 561 g/mol. The Kier molecular flexibility index (Phi) is 9.28. The van der Waals surface area contributed by atoms with Crippen LogP contribution in [0, 0.1) is 11.8 Å². The van der Waals surface area contributed by atoms with Gasteiger partial charge in [0.1, 0.15) is 24.1 Å². The Labute approximate surface area is 243 Å². The highest BCUT2D eigenvalue weighted by atomic mass is 16.5. The number of para-hydroxylation sites is 1. The summed E-state index contributed by atoms with van der Waals surface area (Å²) in [7, 11) is 0. The van der Waals surface area contributed by atoms with E-state index in [0.717, 1.165) is 18.8 Å². The molecule has 2 N–H and O–H groups in total. The van der Waals surface area contributed by atoms with Crippen LogP contribution < -0.4 is 15.4 Å². The summed E-state index contributed by atoms with van der Waals surface area (Å²) in [5.74, 6) is 0.982. The second-order valence-electron chi connectivity index (χ2n) is 12.2. The van der Waals surface area contributed by atoms with Crippen LogP contribution in [0.25, 0.3) is 0 Å². The van der Waals surface area contributed by atoms with Gasteiger partial charge in [0.25, 0.3) is 5.91 Å². The van der Waals surface area contributed by atoms with Gasteiger partial charge in [0.15, 0.2) is 0 Å². The Morgan fingerprint density at radius 2 is 1.63 bits per heavy atom. The molecule has 3 amide bonds. The van der Waals surface area contributed by atoms with Crippen molar-refractivity contribution in [1.82, 2.24) is 15.1 Å². The number of benzene rings is 2. The number of nitrogens with one attached hydrogen (secondary N) is 2. The molecule has 2 atom stereocenters. The van der Waals surface area contributed by atoms with Crippen molar-refractivity contribution in [3.8, 4) is 11.5 Å². The molecule has 0 aromatic heterocycles. The maximum atomic E-state index is 14.0. The Morgan fingerprint density at radius 1 is 0.927 bits per heavy atom. The zero-order chi connectivity index (χ0) is 28.9. The number of ether oxygens (including phenoxy) is 1. The van der Waals surface area contributed by atoms with Gasteiger partial charge >= 0.3 is 0 Å². The van der Waals surface area contributed by atoms with Crippen LogP contribution in [0.4, 0.5) is 5.69 Å². The zero-order valence-electron chi connectivity index (χ0n) is 24.6. The van der Waals surface area contributed by atoms with Gasteiger partial charge < -0.3 is 25.2 Å². The van der Waals surface area contributed by atoms with Gasteiger partial charge in [0.05, 0.1) is 11.3 Å². The summed E-state index contributed by atoms with van der Waals surface area (Å²) in [6.45, 7) is 7.32. The standard InChI is InChI=1S/C33H44N4O4/c1-22(2)31(33(40)36-18-16-25(17-19-36)34-23(3)24-10-6-4-7-11-24)37-21-30(38)35-29-15-14-27(20-28(29)32(37)39)41-26-12-8-5-9-13-26/h5,8-9,12-15,20,22-25,31,34H,4,6-7,10-11,16-19,21H2,1-3H3,(H,35,38)/t23-,31-/m1/s1. The lowest BCUT2D eigenvalue weighted by molar-refractivity contribution is -0.139. The molecular weight excluding hydrogens is 516 g/mol. The predicted molar refractivity (Wildman–Crippen MR) is 160 cm³/mol. The van der Waals surface area contributed by atoms with Crippen LogP contribution in [0.15, 0.2) is 48.5 Å². The lowest BCUT2D eigenvalue weighted by Gasteiger charge is -2.40. The summed E-state index contributed by atoms with van der Waals surface area (Å²) in [6.07, 6.45) is 8.43. The molecule has 0 unspecified atom stereocenters. The van der Waals surface area contributed by atoms with Gasteiger partial charge in [0, 0.05) is 25.2 Å². The molecule has 2 aromatic rings. The van der Waals surface area contributed by atoms with Crippen LogP contribution in [0.3, 0.4) is 0 Å². The van der Waals surface area contributed by atoms with Crippen molar-refractivity contribution in [1.29, 1.82) is 0 Å². The molecule has 1 saturated heterocycles. The Bertz CT molecular complexity index is 1220. The van der Waals surface area contributed by atoms with Crippen molar-refractivity contribution in [2.75, 3.05) is 25.0 Å². The first-order valence-electron chi connectivity index (χ1n) is 15.3. The highest BCUT2D eigenvalue weighted by molar-refractivity contribution is 6.10. The fraction of sp³-hybridized carbons (Fsp3) is 0.545. The zero-order valence-corrected chi connectivity index (χ0v) is 24.6. The largest absolute Gasteiger partial charge is 0.457 e. The van der Waals surface area contributed by atoms with E-state index in [1.807, 2.05) is 49.1 Å². The number of carbonyl (C=O) groups excluding carboxylic acids is 3. The number of hydrogen-bond donors (Lipinski definition) is 2. The summed E-state index contributed by atoms with van der Waals surface area (Å²) in [4.78, 5) is 44.1. The minimum Gasteiger partial charge on any atom is -0.457 e. The van der Waals surface area contributed by atoms with E-state index < -0.39 is 6.04 Å². The number of likely N-dealkylation sites (tertiary alicyclic amines) is 1. The molecule has 8 nitrogen and oxygen atoms in total. The molecule has 2 heterocycles. The SMILES string of the molecule is CC(C)[C@H](C(=O)N1CCC(N[C@H](C)C2CCCCC2)CC1)N1CC(=O)Nc2ccc(Oc3ccccc3)cc2C1=O. The Morgan fingerprint density at radius 3 is 2.32 bits per heavy atom. The topological polar surface area (TPSA) is 91.0 Å². The molecule has 41 heavy (non-hydrogen) atoms. The second kappa shape index (κ2) is 13.1. The molecule has 3 aliphatic rings. The predicted octanol–water partition coefficient (Wildman–Crippen LogP) is 5.45. The molecule has 2 aromatic carbocycles. The minimum atomic E-state index is -0.733. The van der Waals surface area contributed by atoms with Gasteiger partial charge in [-0.15, -0.1) is 0 Å². The van der Waals surface area contributed by atoms with Gasteiger partial charge in [-0.25, -0.2) is 0 Å². The van der Waals surface area contributed by atoms with E-state index in [-0.39, 0.29) is 30.2 Å². The molecule has 1 saturated carbocycles. The first-order valence-corrected chi connectivity index (χ1v) is 15.3. The van der Waals surface area contributed by atoms with E-state index in [9.17, 15) is 14.4 Å². The molecule has 8 heteroatoms. The van der Waals surface area contributed by atoms with Crippen LogP contribution in [0.1, 0.15) is 76.1 Å². The maximum absolute atomic E-state index is 14.0. The lowest BCUT2D eigenvalue weighted by atomic mass is 9.84. The number of anilines is 1. The van der Waals surface area contributed by atoms with E-state index in [2.05, 4.69) is 17.6 Å². The molecule has 2 aliphatic heterocycles. The number of rotatable bonds is 8. The molecule has 5 rings (SSSR count). The number of amides is 3. The Hall–Kier alpha value is -3.39. The minimum absolute atomic E-state index is 0.0833. The van der Waals surface area contributed by atoms with E-state index in [1.54, 1.807) is 18.2 Å². The van der Waals surface area contributed by atoms with Crippen LogP contribution in [0.2, 0.25) is 0 Å². The third-order valence-corrected chi connectivity index (χ3v) is 8.93. The van der Waals surface area contributed by atoms with Crippen LogP contribution >= 0.6 is 0 Å². The van der Waals surface area contributed by atoms with Gasteiger partial charge in [-0.3, -0.25) is 14.4 Å². The lowest BCUT2D eigenvalue weighted by Crippen LogP contribution is -2.57. The van der Waals surface area contributed by atoms with Crippen molar-refractivity contribution in [2.45, 2.75) is 83.8 Å². The molecule has 1 aliphatic carbocycles. The van der Waals surface area contributed by atoms with E-state index in [0.29, 0.717) is 47.9 Å². The van der Waals surface area contributed by atoms with E-state index in [4.69, 9.17) is 4.74 Å². The van der Waals surface area contributed by atoms with Crippen LogP contribution in [-0.2, 0) is 9.59 Å². The summed E-state index contributed by atoms with van der Waals surface area (Å²) >= 11 is 0. The quantitative estimate of drug-likeness (QED) is 0.448. The van der Waals surface area contributed by atoms with Gasteiger partial charge in [0.2, 0.25) is 11.8 Å². The van der Waals surface area contributed by atoms with Gasteiger partial charge in [-0.05, 0) is 74.8 Å².